The van der Waals surface area contributed by atoms with Gasteiger partial charge in [0.1, 0.15) is 6.61 Å². The molecule has 0 atom stereocenters. The van der Waals surface area contributed by atoms with Crippen LogP contribution < -0.4 is 15.1 Å². The van der Waals surface area contributed by atoms with Gasteiger partial charge in [-0.05, 0) is 142 Å². The van der Waals surface area contributed by atoms with Crippen molar-refractivity contribution in [3.8, 4) is 11.1 Å². The molecule has 0 radical (unpaired) electrons. The molecular weight excluding hydrogens is 739 g/mol. The molecule has 0 aliphatic rings. The number of hydrogen-bond donors (Lipinski definition) is 1. The maximum absolute atomic E-state index is 12.7. The predicted molar refractivity (Wildman–Crippen MR) is 239 cm³/mol. The fraction of sp³-hybridized carbons (Fsp3) is 0.245. The van der Waals surface area contributed by atoms with Crippen molar-refractivity contribution in [2.24, 2.45) is 0 Å². The molecule has 58 heavy (non-hydrogen) atoms. The highest BCUT2D eigenvalue weighted by atomic mass is 28.4. The largest absolute Gasteiger partial charge is 0.500 e. The van der Waals surface area contributed by atoms with Gasteiger partial charge in [-0.1, -0.05) is 78.9 Å². The van der Waals surface area contributed by atoms with E-state index in [-0.39, 0.29) is 6.61 Å². The SMILES string of the molecule is CCO[Si](CCCNC(=O)OCc1ccc(N(c2ccccc2)c2ccc(-c3ccc(N(c4ccccc4)c4cccc(C)c4)cc3)cc2)cc1C)(OCC)OCC. The highest BCUT2D eigenvalue weighted by Crippen LogP contribution is 2.38. The van der Waals surface area contributed by atoms with Gasteiger partial charge < -0.3 is 33.1 Å². The van der Waals surface area contributed by atoms with E-state index in [1.165, 1.54) is 5.56 Å². The second-order valence-electron chi connectivity index (χ2n) is 14.0. The molecule has 6 rings (SSSR count). The van der Waals surface area contributed by atoms with Crippen molar-refractivity contribution < 1.29 is 22.8 Å². The average molecular weight is 794 g/mol. The molecule has 0 aliphatic carbocycles. The molecule has 9 heteroatoms. The van der Waals surface area contributed by atoms with E-state index in [4.69, 9.17) is 18.0 Å². The lowest BCUT2D eigenvalue weighted by Crippen LogP contribution is -2.46. The molecule has 0 unspecified atom stereocenters. The Morgan fingerprint density at radius 3 is 1.50 bits per heavy atom. The Morgan fingerprint density at radius 1 is 0.552 bits per heavy atom. The van der Waals surface area contributed by atoms with Crippen LogP contribution in [0, 0.1) is 13.8 Å². The van der Waals surface area contributed by atoms with Gasteiger partial charge in [0.25, 0.3) is 0 Å². The lowest BCUT2D eigenvalue weighted by atomic mass is 10.0. The molecule has 0 spiro atoms. The van der Waals surface area contributed by atoms with E-state index in [0.29, 0.717) is 38.8 Å². The third kappa shape index (κ3) is 10.8. The maximum atomic E-state index is 12.7. The van der Waals surface area contributed by atoms with E-state index in [2.05, 4.69) is 143 Å². The van der Waals surface area contributed by atoms with Gasteiger partial charge in [0.2, 0.25) is 0 Å². The van der Waals surface area contributed by atoms with Gasteiger partial charge in [-0.3, -0.25) is 0 Å². The summed E-state index contributed by atoms with van der Waals surface area (Å²) in [6.07, 6.45) is 0.208. The zero-order chi connectivity index (χ0) is 40.7. The Morgan fingerprint density at radius 2 is 1.02 bits per heavy atom. The van der Waals surface area contributed by atoms with E-state index in [1.807, 2.05) is 58.0 Å². The summed E-state index contributed by atoms with van der Waals surface area (Å²) in [5.41, 5.74) is 11.9. The summed E-state index contributed by atoms with van der Waals surface area (Å²) < 4.78 is 23.4. The van der Waals surface area contributed by atoms with Gasteiger partial charge >= 0.3 is 14.9 Å². The van der Waals surface area contributed by atoms with Crippen LogP contribution in [0.4, 0.5) is 38.9 Å². The van der Waals surface area contributed by atoms with Crippen LogP contribution in [0.15, 0.2) is 152 Å². The number of carbonyl (C=O) groups is 1. The summed E-state index contributed by atoms with van der Waals surface area (Å²) in [5, 5.41) is 2.87. The molecule has 0 saturated heterocycles. The van der Waals surface area contributed by atoms with Crippen LogP contribution in [0.25, 0.3) is 11.1 Å². The first-order valence-corrected chi connectivity index (χ1v) is 22.2. The number of nitrogens with one attached hydrogen (secondary N) is 1. The number of amides is 1. The molecule has 0 fully saturated rings. The monoisotopic (exact) mass is 793 g/mol. The predicted octanol–water partition coefficient (Wildman–Crippen LogP) is 12.6. The number of hydrogen-bond acceptors (Lipinski definition) is 7. The number of benzene rings is 6. The van der Waals surface area contributed by atoms with Crippen molar-refractivity contribution in [1.82, 2.24) is 5.32 Å². The lowest BCUT2D eigenvalue weighted by molar-refractivity contribution is 0.0706. The van der Waals surface area contributed by atoms with E-state index < -0.39 is 14.9 Å². The second kappa shape index (κ2) is 20.6. The third-order valence-corrected chi connectivity index (χ3v) is 13.0. The van der Waals surface area contributed by atoms with E-state index >= 15 is 0 Å². The zero-order valence-electron chi connectivity index (χ0n) is 34.3. The molecular formula is C49H55N3O5Si. The molecule has 0 bridgehead atoms. The number of ether oxygens (including phenoxy) is 1. The van der Waals surface area contributed by atoms with Crippen molar-refractivity contribution in [3.05, 3.63) is 168 Å². The molecule has 1 amide bonds. The van der Waals surface area contributed by atoms with Crippen molar-refractivity contribution in [2.75, 3.05) is 36.2 Å². The Kier molecular flexibility index (Phi) is 14.9. The van der Waals surface area contributed by atoms with Crippen LogP contribution >= 0.6 is 0 Å². The molecule has 0 heterocycles. The highest BCUT2D eigenvalue weighted by molar-refractivity contribution is 6.60. The molecule has 1 N–H and O–H groups in total. The fourth-order valence-corrected chi connectivity index (χ4v) is 9.71. The van der Waals surface area contributed by atoms with Crippen LogP contribution in [0.3, 0.4) is 0 Å². The van der Waals surface area contributed by atoms with Gasteiger partial charge in [0.15, 0.2) is 0 Å². The van der Waals surface area contributed by atoms with Gasteiger partial charge in [-0.2, -0.15) is 0 Å². The zero-order valence-corrected chi connectivity index (χ0v) is 35.3. The molecule has 0 saturated carbocycles. The van der Waals surface area contributed by atoms with Gasteiger partial charge in [-0.15, -0.1) is 0 Å². The summed E-state index contributed by atoms with van der Waals surface area (Å²) in [6, 6.07) is 53.7. The van der Waals surface area contributed by atoms with Gasteiger partial charge in [0.05, 0.1) is 0 Å². The minimum atomic E-state index is -2.75. The first-order chi connectivity index (χ1) is 28.3. The van der Waals surface area contributed by atoms with Crippen LogP contribution in [0.1, 0.15) is 43.9 Å². The van der Waals surface area contributed by atoms with Crippen LogP contribution in [0.2, 0.25) is 6.04 Å². The quantitative estimate of drug-likeness (QED) is 0.0647. The Hall–Kier alpha value is -5.71. The van der Waals surface area contributed by atoms with Crippen molar-refractivity contribution in [3.63, 3.8) is 0 Å². The van der Waals surface area contributed by atoms with Crippen LogP contribution in [-0.2, 0) is 24.6 Å². The van der Waals surface area contributed by atoms with Crippen molar-refractivity contribution >= 4 is 49.0 Å². The van der Waals surface area contributed by atoms with Crippen molar-refractivity contribution in [1.29, 1.82) is 0 Å². The van der Waals surface area contributed by atoms with E-state index in [0.717, 1.165) is 56.4 Å². The number of carbonyl (C=O) groups excluding carboxylic acids is 1. The number of rotatable bonds is 19. The first kappa shape index (κ1) is 41.9. The Labute approximate surface area is 345 Å². The molecule has 0 aliphatic heterocycles. The van der Waals surface area contributed by atoms with Crippen LogP contribution in [-0.4, -0.2) is 41.3 Å². The fourth-order valence-electron chi connectivity index (χ4n) is 7.09. The third-order valence-electron chi connectivity index (χ3n) is 9.84. The Balaban J connectivity index is 1.13. The lowest BCUT2D eigenvalue weighted by Gasteiger charge is -2.28. The summed E-state index contributed by atoms with van der Waals surface area (Å²) in [4.78, 5) is 17.2. The summed E-state index contributed by atoms with van der Waals surface area (Å²) in [7, 11) is -2.75. The number of nitrogens with zero attached hydrogens (tertiary/aromatic N) is 2. The van der Waals surface area contributed by atoms with E-state index in [9.17, 15) is 4.79 Å². The maximum Gasteiger partial charge on any atom is 0.500 e. The van der Waals surface area contributed by atoms with E-state index in [1.54, 1.807) is 0 Å². The highest BCUT2D eigenvalue weighted by Gasteiger charge is 2.39. The topological polar surface area (TPSA) is 72.5 Å². The van der Waals surface area contributed by atoms with Gasteiger partial charge in [-0.25, -0.2) is 4.79 Å². The molecule has 300 valence electrons. The minimum absolute atomic E-state index is 0.167. The number of anilines is 6. The van der Waals surface area contributed by atoms with Crippen LogP contribution in [0.5, 0.6) is 0 Å². The number of para-hydroxylation sites is 2. The summed E-state index contributed by atoms with van der Waals surface area (Å²) in [6.45, 7) is 12.2. The van der Waals surface area contributed by atoms with Gasteiger partial charge in [0, 0.05) is 66.5 Å². The normalized spacial score (nSPS) is 11.3. The average Bonchev–Trinajstić information content (AvgIpc) is 3.24. The summed E-state index contributed by atoms with van der Waals surface area (Å²) in [5.74, 6) is 0. The number of aryl methyl sites for hydroxylation is 2. The smallest absolute Gasteiger partial charge is 0.445 e. The standard InChI is InChI=1S/C49H55N3O5Si/c1-6-55-58(56-7-2,57-8-3)34-16-33-50-49(53)54-37-42-27-32-48(36-39(42)5)52(44-20-13-10-14-21-44)46-30-25-41(26-31-46)40-23-28-45(29-24-40)51(43-18-11-9-12-19-43)47-22-15-17-38(4)35-47/h9-15,17-32,35-36H,6-8,16,33-34,37H2,1-5H3,(H,50,53). The molecule has 6 aromatic carbocycles. The van der Waals surface area contributed by atoms with Crippen molar-refractivity contribution in [2.45, 2.75) is 53.7 Å². The first-order valence-electron chi connectivity index (χ1n) is 20.2. The summed E-state index contributed by atoms with van der Waals surface area (Å²) >= 11 is 0. The number of alkyl carbamates (subject to hydrolysis) is 1. The molecule has 8 nitrogen and oxygen atoms in total. The Bertz CT molecular complexity index is 2170. The molecule has 0 aromatic heterocycles. The second-order valence-corrected chi connectivity index (χ2v) is 16.7. The minimum Gasteiger partial charge on any atom is -0.445 e. The molecule has 6 aromatic rings.